The first-order valence-corrected chi connectivity index (χ1v) is 12.6. The number of likely N-dealkylation sites (N-methyl/N-ethyl adjacent to an activating group) is 1. The first kappa shape index (κ1) is 20.5. The molecule has 1 saturated carbocycles. The van der Waals surface area contributed by atoms with Gasteiger partial charge in [-0.2, -0.15) is 9.49 Å². The summed E-state index contributed by atoms with van der Waals surface area (Å²) in [5, 5.41) is 19.4. The molecule has 1 aliphatic carbocycles. The zero-order valence-electron chi connectivity index (χ0n) is 19.4. The molecule has 4 aromatic rings. The van der Waals surface area contributed by atoms with E-state index in [1.807, 2.05) is 18.2 Å². The molecule has 34 heavy (non-hydrogen) atoms. The fourth-order valence-electron chi connectivity index (χ4n) is 7.06. The molecule has 174 valence electrons. The number of hydrogen-bond acceptors (Lipinski definition) is 7. The molecule has 9 heteroatoms. The Labute approximate surface area is 200 Å². The van der Waals surface area contributed by atoms with Crippen molar-refractivity contribution in [3.05, 3.63) is 41.9 Å². The Kier molecular flexibility index (Phi) is 3.98. The second-order valence-corrected chi connectivity index (χ2v) is 11.7. The number of rotatable bonds is 4. The number of fused-ring (bicyclic) bond motifs is 2. The minimum atomic E-state index is -0.458. The highest BCUT2D eigenvalue weighted by Gasteiger charge is 2.71. The van der Waals surface area contributed by atoms with Crippen molar-refractivity contribution in [1.29, 1.82) is 0 Å². The lowest BCUT2D eigenvalue weighted by molar-refractivity contribution is -0.00589. The molecule has 3 fully saturated rings. The van der Waals surface area contributed by atoms with Crippen molar-refractivity contribution < 1.29 is 4.39 Å². The molecule has 7 rings (SSSR count). The molecule has 4 atom stereocenters. The van der Waals surface area contributed by atoms with E-state index in [1.54, 1.807) is 5.51 Å². The van der Waals surface area contributed by atoms with Crippen LogP contribution in [0.15, 0.2) is 36.0 Å². The predicted molar refractivity (Wildman–Crippen MR) is 131 cm³/mol. The number of hydrogen-bond donors (Lipinski definition) is 2. The van der Waals surface area contributed by atoms with Gasteiger partial charge in [0.25, 0.3) is 0 Å². The van der Waals surface area contributed by atoms with Crippen molar-refractivity contribution >= 4 is 27.4 Å². The number of benzene rings is 1. The van der Waals surface area contributed by atoms with Crippen molar-refractivity contribution in [3.8, 4) is 22.4 Å². The molecule has 2 saturated heterocycles. The van der Waals surface area contributed by atoms with E-state index in [4.69, 9.17) is 0 Å². The Morgan fingerprint density at radius 2 is 1.91 bits per heavy atom. The summed E-state index contributed by atoms with van der Waals surface area (Å²) in [6.45, 7) is 4.80. The van der Waals surface area contributed by atoms with Gasteiger partial charge in [-0.15, -0.1) is 21.5 Å². The zero-order chi connectivity index (χ0) is 23.3. The van der Waals surface area contributed by atoms with Crippen molar-refractivity contribution in [2.45, 2.75) is 56.7 Å². The summed E-state index contributed by atoms with van der Waals surface area (Å²) in [6, 6.07) is 8.46. The van der Waals surface area contributed by atoms with Crippen molar-refractivity contribution in [1.82, 2.24) is 30.7 Å². The Morgan fingerprint density at radius 3 is 2.68 bits per heavy atom. The van der Waals surface area contributed by atoms with Gasteiger partial charge >= 0.3 is 0 Å². The summed E-state index contributed by atoms with van der Waals surface area (Å²) in [6.07, 6.45) is 6.37. The monoisotopic (exact) mass is 475 g/mol. The average molecular weight is 476 g/mol. The number of piperidine rings is 1. The molecule has 2 N–H and O–H groups in total. The molecule has 5 heterocycles. The standard InChI is InChI=1S/C25H26FN7S/c1-23-8-9-24(2)12-25(11-23,22(23)29-24)33(3)18-7-6-17(30-31-18)15-5-4-14(16-10-28-32-21(16)26)19-20(15)34-13-27-19/h4-7,10,13,22,29H,8-9,11-12H2,1-3H3,(H,28,32)/t22?,23-,24-,25+/m0/s1. The lowest BCUT2D eigenvalue weighted by Crippen LogP contribution is -2.73. The first-order valence-electron chi connectivity index (χ1n) is 11.7. The molecule has 2 aliphatic heterocycles. The Hall–Kier alpha value is -2.91. The smallest absolute Gasteiger partial charge is 0.216 e. The molecule has 0 radical (unpaired) electrons. The van der Waals surface area contributed by atoms with Crippen LogP contribution in [0.3, 0.4) is 0 Å². The number of aromatic amines is 1. The number of nitrogens with zero attached hydrogens (tertiary/aromatic N) is 5. The molecule has 0 spiro atoms. The van der Waals surface area contributed by atoms with Crippen LogP contribution in [0.2, 0.25) is 0 Å². The van der Waals surface area contributed by atoms with Gasteiger partial charge in [-0.25, -0.2) is 4.98 Å². The van der Waals surface area contributed by atoms with Gasteiger partial charge in [0.15, 0.2) is 5.82 Å². The summed E-state index contributed by atoms with van der Waals surface area (Å²) in [5.74, 6) is 0.446. The van der Waals surface area contributed by atoms with Crippen LogP contribution < -0.4 is 10.2 Å². The average Bonchev–Trinajstić information content (AvgIpc) is 3.51. The van der Waals surface area contributed by atoms with Crippen molar-refractivity contribution in [2.75, 3.05) is 11.9 Å². The maximum absolute atomic E-state index is 14.1. The van der Waals surface area contributed by atoms with E-state index in [0.29, 0.717) is 17.0 Å². The number of aromatic nitrogens is 5. The number of nitrogens with one attached hydrogen (secondary N) is 2. The summed E-state index contributed by atoms with van der Waals surface area (Å²) < 4.78 is 15.1. The molecule has 3 aromatic heterocycles. The highest BCUT2D eigenvalue weighted by atomic mass is 32.1. The topological polar surface area (TPSA) is 82.6 Å². The predicted octanol–water partition coefficient (Wildman–Crippen LogP) is 4.78. The van der Waals surface area contributed by atoms with Crippen LogP contribution in [0.1, 0.15) is 39.5 Å². The van der Waals surface area contributed by atoms with Gasteiger partial charge in [-0.3, -0.25) is 5.10 Å². The van der Waals surface area contributed by atoms with Crippen LogP contribution in [0.5, 0.6) is 0 Å². The Bertz CT molecular complexity index is 1430. The van der Waals surface area contributed by atoms with Gasteiger partial charge in [0, 0.05) is 29.8 Å². The van der Waals surface area contributed by atoms with E-state index < -0.39 is 5.95 Å². The van der Waals surface area contributed by atoms with Crippen molar-refractivity contribution in [2.24, 2.45) is 5.41 Å². The fraction of sp³-hybridized carbons (Fsp3) is 0.440. The quantitative estimate of drug-likeness (QED) is 0.442. The Morgan fingerprint density at radius 1 is 1.06 bits per heavy atom. The first-order chi connectivity index (χ1) is 16.3. The lowest BCUT2D eigenvalue weighted by Gasteiger charge is -2.62. The molecule has 0 amide bonds. The second-order valence-electron chi connectivity index (χ2n) is 10.9. The Balaban J connectivity index is 1.22. The highest BCUT2D eigenvalue weighted by molar-refractivity contribution is 7.17. The molecular weight excluding hydrogens is 449 g/mol. The maximum Gasteiger partial charge on any atom is 0.216 e. The summed E-state index contributed by atoms with van der Waals surface area (Å²) in [5.41, 5.74) is 6.11. The summed E-state index contributed by atoms with van der Waals surface area (Å²) in [7, 11) is 2.17. The van der Waals surface area contributed by atoms with E-state index >= 15 is 0 Å². The normalized spacial score (nSPS) is 31.6. The van der Waals surface area contributed by atoms with E-state index in [2.05, 4.69) is 62.6 Å². The maximum atomic E-state index is 14.1. The van der Waals surface area contributed by atoms with Crippen molar-refractivity contribution in [3.63, 3.8) is 0 Å². The third-order valence-electron chi connectivity index (χ3n) is 8.69. The summed E-state index contributed by atoms with van der Waals surface area (Å²) in [4.78, 5) is 6.87. The number of thiazole rings is 1. The molecule has 3 aliphatic rings. The second kappa shape index (κ2) is 6.60. The van der Waals surface area contributed by atoms with Gasteiger partial charge in [0.2, 0.25) is 5.95 Å². The number of anilines is 1. The molecule has 1 aromatic carbocycles. The molecular formula is C25H26FN7S. The van der Waals surface area contributed by atoms with Crippen LogP contribution in [-0.2, 0) is 0 Å². The van der Waals surface area contributed by atoms with Gasteiger partial charge < -0.3 is 10.2 Å². The van der Waals surface area contributed by atoms with E-state index in [0.717, 1.165) is 39.3 Å². The molecule has 2 bridgehead atoms. The third kappa shape index (κ3) is 2.59. The van der Waals surface area contributed by atoms with Gasteiger partial charge in [-0.05, 0) is 50.2 Å². The van der Waals surface area contributed by atoms with Gasteiger partial charge in [-0.1, -0.05) is 19.1 Å². The number of halogens is 1. The van der Waals surface area contributed by atoms with Crippen LogP contribution in [0.4, 0.5) is 10.2 Å². The van der Waals surface area contributed by atoms with Crippen LogP contribution in [-0.4, -0.2) is 49.5 Å². The van der Waals surface area contributed by atoms with Crippen LogP contribution in [0.25, 0.3) is 32.6 Å². The highest BCUT2D eigenvalue weighted by Crippen LogP contribution is 2.65. The van der Waals surface area contributed by atoms with Crippen LogP contribution >= 0.6 is 11.3 Å². The van der Waals surface area contributed by atoms with E-state index in [-0.39, 0.29) is 11.1 Å². The van der Waals surface area contributed by atoms with Gasteiger partial charge in [0.1, 0.15) is 0 Å². The van der Waals surface area contributed by atoms with Crippen LogP contribution in [0, 0.1) is 11.4 Å². The lowest BCUT2D eigenvalue weighted by atomic mass is 9.53. The largest absolute Gasteiger partial charge is 0.351 e. The molecule has 1 unspecified atom stereocenters. The van der Waals surface area contributed by atoms with E-state index in [9.17, 15) is 4.39 Å². The van der Waals surface area contributed by atoms with E-state index in [1.165, 1.54) is 36.8 Å². The number of H-pyrrole nitrogens is 1. The SMILES string of the molecule is CN(c1ccc(-c2ccc(-c3cn[nH]c3F)c3ncsc23)nn1)[C@@]12C[C@]3(C)CC[C@@](C)(C1)C2N3. The minimum absolute atomic E-state index is 0.109. The fourth-order valence-corrected chi connectivity index (χ4v) is 7.90. The summed E-state index contributed by atoms with van der Waals surface area (Å²) >= 11 is 1.52. The third-order valence-corrected chi connectivity index (χ3v) is 9.55. The molecule has 7 nitrogen and oxygen atoms in total. The zero-order valence-corrected chi connectivity index (χ0v) is 20.2. The minimum Gasteiger partial charge on any atom is -0.351 e. The van der Waals surface area contributed by atoms with Gasteiger partial charge in [0.05, 0.1) is 38.7 Å².